The fraction of sp³-hybridized carbons (Fsp3) is 0.800. The van der Waals surface area contributed by atoms with E-state index in [0.717, 1.165) is 25.7 Å². The van der Waals surface area contributed by atoms with Crippen LogP contribution >= 0.6 is 0 Å². The Morgan fingerprint density at radius 3 is 2.20 bits per heavy atom. The first-order chi connectivity index (χ1) is 7.15. The van der Waals surface area contributed by atoms with Crippen molar-refractivity contribution in [2.45, 2.75) is 50.2 Å². The van der Waals surface area contributed by atoms with Crippen LogP contribution in [0, 0.1) is 0 Å². The zero-order chi connectivity index (χ0) is 10.8. The van der Waals surface area contributed by atoms with E-state index in [0.29, 0.717) is 12.1 Å². The molecule has 2 aliphatic carbocycles. The van der Waals surface area contributed by atoms with Gasteiger partial charge in [-0.25, -0.2) is 0 Å². The Morgan fingerprint density at radius 2 is 1.67 bits per heavy atom. The third-order valence-corrected chi connectivity index (χ3v) is 2.61. The molecule has 2 aliphatic rings. The Kier molecular flexibility index (Phi) is 2.90. The molecule has 0 aromatic rings. The van der Waals surface area contributed by atoms with Crippen molar-refractivity contribution in [3.05, 3.63) is 0 Å². The van der Waals surface area contributed by atoms with Gasteiger partial charge in [0.25, 0.3) is 0 Å². The standard InChI is InChI=1S/C10H17N3O2/c11-8(10(15)13-7-3-4-7)5-9(14)12-6-1-2-6/h6-8H,1-5,11H2,(H,12,14)(H,13,15)/t8-/m0/s1. The van der Waals surface area contributed by atoms with Crippen molar-refractivity contribution < 1.29 is 9.59 Å². The van der Waals surface area contributed by atoms with Crippen LogP contribution in [0.25, 0.3) is 0 Å². The van der Waals surface area contributed by atoms with E-state index in [2.05, 4.69) is 10.6 Å². The molecule has 5 nitrogen and oxygen atoms in total. The van der Waals surface area contributed by atoms with E-state index in [9.17, 15) is 9.59 Å². The third-order valence-electron chi connectivity index (χ3n) is 2.61. The number of hydrogen-bond acceptors (Lipinski definition) is 3. The fourth-order valence-corrected chi connectivity index (χ4v) is 1.34. The van der Waals surface area contributed by atoms with Gasteiger partial charge < -0.3 is 16.4 Å². The molecule has 2 fully saturated rings. The highest BCUT2D eigenvalue weighted by Gasteiger charge is 2.28. The van der Waals surface area contributed by atoms with Crippen molar-refractivity contribution in [3.63, 3.8) is 0 Å². The second kappa shape index (κ2) is 4.18. The van der Waals surface area contributed by atoms with Gasteiger partial charge >= 0.3 is 0 Å². The predicted molar refractivity (Wildman–Crippen MR) is 54.9 cm³/mol. The summed E-state index contributed by atoms with van der Waals surface area (Å²) in [5.74, 6) is -0.320. The minimum Gasteiger partial charge on any atom is -0.353 e. The number of amides is 2. The Balaban J connectivity index is 1.66. The van der Waals surface area contributed by atoms with Crippen LogP contribution in [0.15, 0.2) is 0 Å². The molecule has 2 amide bonds. The number of nitrogens with one attached hydrogen (secondary N) is 2. The number of hydrogen-bond donors (Lipinski definition) is 3. The van der Waals surface area contributed by atoms with E-state index in [4.69, 9.17) is 5.73 Å². The van der Waals surface area contributed by atoms with Crippen molar-refractivity contribution in [3.8, 4) is 0 Å². The van der Waals surface area contributed by atoms with Gasteiger partial charge in [-0.3, -0.25) is 9.59 Å². The zero-order valence-corrected chi connectivity index (χ0v) is 8.66. The molecule has 2 saturated carbocycles. The average Bonchev–Trinajstić information content (AvgIpc) is 2.98. The topological polar surface area (TPSA) is 84.2 Å². The van der Waals surface area contributed by atoms with Gasteiger partial charge in [0, 0.05) is 12.1 Å². The fourth-order valence-electron chi connectivity index (χ4n) is 1.34. The van der Waals surface area contributed by atoms with Gasteiger partial charge in [-0.1, -0.05) is 0 Å². The third kappa shape index (κ3) is 3.51. The maximum atomic E-state index is 11.4. The smallest absolute Gasteiger partial charge is 0.237 e. The van der Waals surface area contributed by atoms with Gasteiger partial charge in [0.2, 0.25) is 11.8 Å². The molecule has 0 saturated heterocycles. The summed E-state index contributed by atoms with van der Waals surface area (Å²) in [7, 11) is 0. The Bertz CT molecular complexity index is 272. The molecule has 2 rings (SSSR count). The lowest BCUT2D eigenvalue weighted by molar-refractivity contribution is -0.127. The molecule has 0 aliphatic heterocycles. The van der Waals surface area contributed by atoms with E-state index in [-0.39, 0.29) is 18.2 Å². The first-order valence-corrected chi connectivity index (χ1v) is 5.50. The first-order valence-electron chi connectivity index (χ1n) is 5.50. The van der Waals surface area contributed by atoms with Crippen LogP contribution in [0.2, 0.25) is 0 Å². The lowest BCUT2D eigenvalue weighted by Crippen LogP contribution is -2.44. The van der Waals surface area contributed by atoms with Gasteiger partial charge in [0.15, 0.2) is 0 Å². The molecule has 0 aromatic heterocycles. The minimum absolute atomic E-state index is 0.0923. The summed E-state index contributed by atoms with van der Waals surface area (Å²) in [4.78, 5) is 22.8. The summed E-state index contributed by atoms with van der Waals surface area (Å²) in [5, 5.41) is 5.59. The molecule has 15 heavy (non-hydrogen) atoms. The normalized spacial score (nSPS) is 21.9. The van der Waals surface area contributed by atoms with Gasteiger partial charge in [-0.2, -0.15) is 0 Å². The van der Waals surface area contributed by atoms with Crippen LogP contribution in [0.3, 0.4) is 0 Å². The highest BCUT2D eigenvalue weighted by molar-refractivity contribution is 5.88. The van der Waals surface area contributed by atoms with Gasteiger partial charge in [-0.05, 0) is 25.7 Å². The van der Waals surface area contributed by atoms with Crippen molar-refractivity contribution in [2.24, 2.45) is 5.73 Å². The minimum atomic E-state index is -0.704. The van der Waals surface area contributed by atoms with Gasteiger partial charge in [0.1, 0.15) is 0 Å². The molecule has 0 unspecified atom stereocenters. The second-order valence-corrected chi connectivity index (χ2v) is 4.44. The monoisotopic (exact) mass is 211 g/mol. The summed E-state index contributed by atoms with van der Waals surface area (Å²) in [6.45, 7) is 0. The first kappa shape index (κ1) is 10.4. The van der Waals surface area contributed by atoms with Crippen molar-refractivity contribution in [1.29, 1.82) is 0 Å². The quantitative estimate of drug-likeness (QED) is 0.560. The number of carbonyl (C=O) groups is 2. The van der Waals surface area contributed by atoms with Crippen molar-refractivity contribution in [1.82, 2.24) is 10.6 Å². The van der Waals surface area contributed by atoms with E-state index in [1.54, 1.807) is 0 Å². The van der Waals surface area contributed by atoms with Crippen molar-refractivity contribution >= 4 is 11.8 Å². The SMILES string of the molecule is N[C@@H](CC(=O)NC1CC1)C(=O)NC1CC1. The average molecular weight is 211 g/mol. The van der Waals surface area contributed by atoms with Crippen LogP contribution < -0.4 is 16.4 Å². The van der Waals surface area contributed by atoms with E-state index >= 15 is 0 Å². The molecule has 5 heteroatoms. The summed E-state index contributed by atoms with van der Waals surface area (Å²) in [5.41, 5.74) is 5.62. The molecule has 84 valence electrons. The number of nitrogens with two attached hydrogens (primary N) is 1. The highest BCUT2D eigenvalue weighted by atomic mass is 16.2. The molecule has 1 atom stereocenters. The lowest BCUT2D eigenvalue weighted by Gasteiger charge is -2.11. The summed E-state index contributed by atoms with van der Waals surface area (Å²) >= 11 is 0. The molecule has 0 spiro atoms. The molecule has 0 heterocycles. The van der Waals surface area contributed by atoms with Crippen LogP contribution in [0.1, 0.15) is 32.1 Å². The zero-order valence-electron chi connectivity index (χ0n) is 8.66. The molecular formula is C10H17N3O2. The van der Waals surface area contributed by atoms with Crippen molar-refractivity contribution in [2.75, 3.05) is 0 Å². The summed E-state index contributed by atoms with van der Waals surface area (Å²) in [6.07, 6.45) is 4.26. The second-order valence-electron chi connectivity index (χ2n) is 4.44. The molecule has 4 N–H and O–H groups in total. The van der Waals surface area contributed by atoms with Crippen LogP contribution in [0.4, 0.5) is 0 Å². The Morgan fingerprint density at radius 1 is 1.13 bits per heavy atom. The maximum Gasteiger partial charge on any atom is 0.237 e. The summed E-state index contributed by atoms with van der Waals surface area (Å²) in [6, 6.07) is -0.0735. The molecule has 0 bridgehead atoms. The largest absolute Gasteiger partial charge is 0.353 e. The van der Waals surface area contributed by atoms with E-state index in [1.807, 2.05) is 0 Å². The lowest BCUT2D eigenvalue weighted by atomic mass is 10.2. The van der Waals surface area contributed by atoms with E-state index in [1.165, 1.54) is 0 Å². The highest BCUT2D eigenvalue weighted by Crippen LogP contribution is 2.19. The number of carbonyl (C=O) groups excluding carboxylic acids is 2. The van der Waals surface area contributed by atoms with E-state index < -0.39 is 6.04 Å². The van der Waals surface area contributed by atoms with Crippen LogP contribution in [-0.4, -0.2) is 29.9 Å². The van der Waals surface area contributed by atoms with Gasteiger partial charge in [0.05, 0.1) is 12.5 Å². The maximum absolute atomic E-state index is 11.4. The summed E-state index contributed by atoms with van der Waals surface area (Å²) < 4.78 is 0. The van der Waals surface area contributed by atoms with Gasteiger partial charge in [-0.15, -0.1) is 0 Å². The Labute approximate surface area is 88.8 Å². The molecular weight excluding hydrogens is 194 g/mol. The Hall–Kier alpha value is -1.10. The van der Waals surface area contributed by atoms with Crippen LogP contribution in [-0.2, 0) is 9.59 Å². The van der Waals surface area contributed by atoms with Crippen LogP contribution in [0.5, 0.6) is 0 Å². The molecule has 0 aromatic carbocycles. The molecule has 0 radical (unpaired) electrons. The predicted octanol–water partition coefficient (Wildman–Crippen LogP) is -0.739. The number of rotatable bonds is 5.